The molecule has 8 nitrogen and oxygen atoms in total. The molecule has 0 rings (SSSR count). The third kappa shape index (κ3) is 912. The normalized spacial score (nSPS) is 10.7. The van der Waals surface area contributed by atoms with Crippen LogP contribution in [0.25, 0.3) is 0 Å². The molecule has 11 heavy (non-hydrogen) atoms. The van der Waals surface area contributed by atoms with E-state index in [0.29, 0.717) is 0 Å². The smallest absolute Gasteiger partial charge is 0.756 e. The Labute approximate surface area is 77.5 Å². The van der Waals surface area contributed by atoms with Crippen LogP contribution in [0.15, 0.2) is 0 Å². The summed E-state index contributed by atoms with van der Waals surface area (Å²) in [5, 5.41) is 0. The van der Waals surface area contributed by atoms with Crippen molar-refractivity contribution >= 4 is 38.7 Å². The van der Waals surface area contributed by atoms with Crippen LogP contribution < -0.4 is 9.79 Å². The van der Waals surface area contributed by atoms with Gasteiger partial charge in [0.2, 0.25) is 0 Å². The van der Waals surface area contributed by atoms with Gasteiger partial charge in [0, 0.05) is 0 Å². The van der Waals surface area contributed by atoms with Gasteiger partial charge in [-0.3, -0.25) is 9.13 Å². The van der Waals surface area contributed by atoms with E-state index in [1.807, 2.05) is 0 Å². The predicted molar refractivity (Wildman–Crippen MR) is 29.8 cm³/mol. The molecular formula is H4MgO8P2. The molecule has 0 bridgehead atoms. The van der Waals surface area contributed by atoms with Crippen LogP contribution in [0.2, 0.25) is 0 Å². The number of hydrogen-bond acceptors (Lipinski definition) is 4. The molecule has 0 aromatic rings. The fourth-order valence-electron chi connectivity index (χ4n) is 0. The van der Waals surface area contributed by atoms with E-state index in [1.165, 1.54) is 0 Å². The average molecular weight is 218 g/mol. The Morgan fingerprint density at radius 3 is 0.818 bits per heavy atom. The van der Waals surface area contributed by atoms with Gasteiger partial charge in [-0.05, 0) is 0 Å². The van der Waals surface area contributed by atoms with Gasteiger partial charge in [0.05, 0.1) is 0 Å². The predicted octanol–water partition coefficient (Wildman–Crippen LogP) is -3.50. The first-order valence-electron chi connectivity index (χ1n) is 1.53. The first-order valence-corrected chi connectivity index (χ1v) is 4.59. The Hall–Kier alpha value is 0.986. The molecule has 0 heterocycles. The summed E-state index contributed by atoms with van der Waals surface area (Å²) < 4.78 is 17.5. The quantitative estimate of drug-likeness (QED) is 0.240. The molecule has 0 aliphatic carbocycles. The zero-order valence-corrected chi connectivity index (χ0v) is 8.23. The van der Waals surface area contributed by atoms with E-state index in [-0.39, 0.29) is 23.1 Å². The van der Waals surface area contributed by atoms with Gasteiger partial charge in [-0.2, -0.15) is 0 Å². The van der Waals surface area contributed by atoms with Crippen LogP contribution >= 0.6 is 15.6 Å². The molecule has 0 saturated carbocycles. The fraction of sp³-hybridized carbons (Fsp3) is 0. The molecule has 64 valence electrons. The molecule has 0 spiro atoms. The SMILES string of the molecule is O=P([O-])(O)O.O=P([O-])(O)O.[Mg+2]. The van der Waals surface area contributed by atoms with Crippen molar-refractivity contribution in [2.45, 2.75) is 0 Å². The van der Waals surface area contributed by atoms with Gasteiger partial charge >= 0.3 is 23.1 Å². The van der Waals surface area contributed by atoms with Crippen molar-refractivity contribution in [3.63, 3.8) is 0 Å². The maximum absolute atomic E-state index is 8.77. The summed E-state index contributed by atoms with van der Waals surface area (Å²) >= 11 is 0. The van der Waals surface area contributed by atoms with Crippen LogP contribution in [0.4, 0.5) is 0 Å². The third-order valence-corrected chi connectivity index (χ3v) is 0. The van der Waals surface area contributed by atoms with E-state index < -0.39 is 15.6 Å². The molecule has 0 unspecified atom stereocenters. The molecule has 0 saturated heterocycles. The zero-order chi connectivity index (χ0) is 9.00. The minimum atomic E-state index is -4.89. The second-order valence-electron chi connectivity index (χ2n) is 0.981. The van der Waals surface area contributed by atoms with Crippen molar-refractivity contribution in [3.05, 3.63) is 0 Å². The van der Waals surface area contributed by atoms with Gasteiger partial charge in [0.15, 0.2) is 0 Å². The summed E-state index contributed by atoms with van der Waals surface area (Å²) in [6, 6.07) is 0. The molecule has 0 fully saturated rings. The van der Waals surface area contributed by atoms with E-state index in [0.717, 1.165) is 0 Å². The molecule has 0 aliphatic heterocycles. The first-order chi connectivity index (χ1) is 4.00. The molecule has 0 aromatic carbocycles. The molecular weight excluding hydrogens is 214 g/mol. The summed E-state index contributed by atoms with van der Waals surface area (Å²) in [6.07, 6.45) is 0. The molecule has 0 aliphatic rings. The number of hydrogen-bond donors (Lipinski definition) is 4. The van der Waals surface area contributed by atoms with E-state index >= 15 is 0 Å². The molecule has 11 heteroatoms. The van der Waals surface area contributed by atoms with Crippen molar-refractivity contribution in [3.8, 4) is 0 Å². The van der Waals surface area contributed by atoms with E-state index in [1.54, 1.807) is 0 Å². The largest absolute Gasteiger partial charge is 2.00 e. The standard InChI is InChI=1S/Mg.2H3O4P/c;2*1-5(2,3)4/h;2*(H3,1,2,3,4)/q+2;;/p-2. The third-order valence-electron chi connectivity index (χ3n) is 0. The zero-order valence-electron chi connectivity index (χ0n) is 5.02. The summed E-state index contributed by atoms with van der Waals surface area (Å²) in [6.45, 7) is 0. The van der Waals surface area contributed by atoms with Crippen LogP contribution in [-0.2, 0) is 9.13 Å². The Balaban J connectivity index is -0.000000107. The van der Waals surface area contributed by atoms with Crippen molar-refractivity contribution < 1.29 is 38.5 Å². The van der Waals surface area contributed by atoms with E-state index in [4.69, 9.17) is 38.5 Å². The first kappa shape index (κ1) is 17.9. The van der Waals surface area contributed by atoms with Crippen LogP contribution in [0.3, 0.4) is 0 Å². The van der Waals surface area contributed by atoms with Gasteiger partial charge in [0.1, 0.15) is 0 Å². The van der Waals surface area contributed by atoms with E-state index in [2.05, 4.69) is 0 Å². The van der Waals surface area contributed by atoms with Crippen LogP contribution in [-0.4, -0.2) is 42.6 Å². The second-order valence-corrected chi connectivity index (χ2v) is 2.94. The summed E-state index contributed by atoms with van der Waals surface area (Å²) in [7, 11) is -9.78. The Kier molecular flexibility index (Phi) is 10.6. The number of rotatable bonds is 0. The monoisotopic (exact) mass is 218 g/mol. The Bertz CT molecular complexity index is 124. The van der Waals surface area contributed by atoms with Crippen molar-refractivity contribution in [2.24, 2.45) is 0 Å². The maximum Gasteiger partial charge on any atom is 2.00 e. The average Bonchev–Trinajstić information content (AvgIpc) is 1.12. The second kappa shape index (κ2) is 6.50. The minimum absolute atomic E-state index is 0. The molecule has 0 atom stereocenters. The van der Waals surface area contributed by atoms with Gasteiger partial charge in [-0.1, -0.05) is 0 Å². The summed E-state index contributed by atoms with van der Waals surface area (Å²) in [5.74, 6) is 0. The molecule has 0 radical (unpaired) electrons. The molecule has 0 amide bonds. The van der Waals surface area contributed by atoms with Crippen molar-refractivity contribution in [1.29, 1.82) is 0 Å². The van der Waals surface area contributed by atoms with Crippen LogP contribution in [0.1, 0.15) is 0 Å². The summed E-state index contributed by atoms with van der Waals surface area (Å²) in [4.78, 5) is 45.8. The summed E-state index contributed by atoms with van der Waals surface area (Å²) in [5.41, 5.74) is 0. The molecule has 4 N–H and O–H groups in total. The van der Waals surface area contributed by atoms with Crippen molar-refractivity contribution in [1.82, 2.24) is 0 Å². The van der Waals surface area contributed by atoms with Gasteiger partial charge in [-0.15, -0.1) is 0 Å². The Morgan fingerprint density at radius 1 is 0.818 bits per heavy atom. The van der Waals surface area contributed by atoms with Gasteiger partial charge in [0.25, 0.3) is 15.6 Å². The van der Waals surface area contributed by atoms with Gasteiger partial charge in [-0.25, -0.2) is 0 Å². The minimum Gasteiger partial charge on any atom is -0.756 e. The number of phosphoric acid groups is 2. The topological polar surface area (TPSA) is 161 Å². The van der Waals surface area contributed by atoms with Gasteiger partial charge < -0.3 is 29.4 Å². The maximum atomic E-state index is 8.77. The van der Waals surface area contributed by atoms with Crippen LogP contribution in [0.5, 0.6) is 0 Å². The van der Waals surface area contributed by atoms with E-state index in [9.17, 15) is 0 Å². The van der Waals surface area contributed by atoms with Crippen molar-refractivity contribution in [2.75, 3.05) is 0 Å². The van der Waals surface area contributed by atoms with Crippen LogP contribution in [0, 0.1) is 0 Å². The fourth-order valence-corrected chi connectivity index (χ4v) is 0. The molecule has 0 aromatic heterocycles. The Morgan fingerprint density at radius 2 is 0.818 bits per heavy atom.